The maximum Gasteiger partial charge on any atom is -0.00161 e. The Balaban J connectivity index is 0. The van der Waals surface area contributed by atoms with Gasteiger partial charge in [0.25, 0.3) is 0 Å². The molecule has 1 aliphatic heterocycles. The van der Waals surface area contributed by atoms with Gasteiger partial charge in [0.1, 0.15) is 0 Å². The average molecular weight is 241 g/mol. The van der Waals surface area contributed by atoms with Crippen LogP contribution in [0.3, 0.4) is 0 Å². The Kier molecular flexibility index (Phi) is 15.4. The predicted octanol–water partition coefficient (Wildman–Crippen LogP) is 5.13. The summed E-state index contributed by atoms with van der Waals surface area (Å²) < 4.78 is 0. The van der Waals surface area contributed by atoms with E-state index in [-0.39, 0.29) is 0 Å². The topological polar surface area (TPSA) is 3.24 Å². The Labute approximate surface area is 110 Å². The maximum atomic E-state index is 2.42. The summed E-state index contributed by atoms with van der Waals surface area (Å²) >= 11 is 0. The van der Waals surface area contributed by atoms with Crippen molar-refractivity contribution in [2.75, 3.05) is 20.1 Å². The monoisotopic (exact) mass is 241 g/mol. The average Bonchev–Trinajstić information content (AvgIpc) is 2.41. The largest absolute Gasteiger partial charge is 0.306 e. The summed E-state index contributed by atoms with van der Waals surface area (Å²) in [4.78, 5) is 2.42. The lowest BCUT2D eigenvalue weighted by atomic mass is 9.90. The number of hydrogen-bond acceptors (Lipinski definition) is 1. The Morgan fingerprint density at radius 2 is 1.53 bits per heavy atom. The van der Waals surface area contributed by atoms with E-state index < -0.39 is 0 Å². The highest BCUT2D eigenvalue weighted by Gasteiger charge is 2.16. The first-order valence-corrected chi connectivity index (χ1v) is 7.47. The van der Waals surface area contributed by atoms with Gasteiger partial charge in [0, 0.05) is 0 Å². The molecule has 0 aliphatic carbocycles. The molecule has 0 amide bonds. The Morgan fingerprint density at radius 1 is 1.12 bits per heavy atom. The third kappa shape index (κ3) is 10.6. The number of piperidine rings is 1. The zero-order valence-corrected chi connectivity index (χ0v) is 13.3. The molecule has 1 heterocycles. The molecule has 0 unspecified atom stereocenters. The fraction of sp³-hybridized carbons (Fsp3) is 0.875. The standard InChI is InChI=1S/C10H19N.C4H10.C2H6/c1-4-9(2)10-5-7-11(3)8-6-10;1-3-4-2;1-2/h4,10H,5-8H2,1-3H3;3-4H2,1-2H3;1-2H3/b9-4-;;. The van der Waals surface area contributed by atoms with Gasteiger partial charge < -0.3 is 4.90 Å². The van der Waals surface area contributed by atoms with E-state index in [1.807, 2.05) is 13.8 Å². The van der Waals surface area contributed by atoms with E-state index in [0.29, 0.717) is 0 Å². The molecule has 0 atom stereocenters. The first kappa shape index (κ1) is 19.0. The zero-order valence-electron chi connectivity index (χ0n) is 13.3. The molecule has 0 saturated carbocycles. The molecule has 0 bridgehead atoms. The number of nitrogens with zero attached hydrogens (tertiary/aromatic N) is 1. The second-order valence-corrected chi connectivity index (χ2v) is 4.61. The summed E-state index contributed by atoms with van der Waals surface area (Å²) in [6.07, 6.45) is 7.61. The van der Waals surface area contributed by atoms with Gasteiger partial charge in [-0.25, -0.2) is 0 Å². The molecule has 1 heteroatoms. The van der Waals surface area contributed by atoms with Gasteiger partial charge in [0.15, 0.2) is 0 Å². The zero-order chi connectivity index (χ0) is 13.7. The van der Waals surface area contributed by atoms with E-state index in [2.05, 4.69) is 45.7 Å². The van der Waals surface area contributed by atoms with Crippen molar-refractivity contribution in [3.05, 3.63) is 11.6 Å². The summed E-state index contributed by atoms with van der Waals surface area (Å²) in [6.45, 7) is 15.3. The normalized spacial score (nSPS) is 17.7. The van der Waals surface area contributed by atoms with E-state index in [1.54, 1.807) is 5.57 Å². The Hall–Kier alpha value is -0.300. The molecule has 1 aliphatic rings. The van der Waals surface area contributed by atoms with Crippen LogP contribution in [0.2, 0.25) is 0 Å². The van der Waals surface area contributed by atoms with Gasteiger partial charge in [0.05, 0.1) is 0 Å². The van der Waals surface area contributed by atoms with Crippen LogP contribution < -0.4 is 0 Å². The van der Waals surface area contributed by atoms with Crippen LogP contribution in [0.15, 0.2) is 11.6 Å². The molecule has 0 aromatic rings. The van der Waals surface area contributed by atoms with Gasteiger partial charge in [0.2, 0.25) is 0 Å². The van der Waals surface area contributed by atoms with Crippen molar-refractivity contribution in [3.63, 3.8) is 0 Å². The maximum absolute atomic E-state index is 2.42. The van der Waals surface area contributed by atoms with Gasteiger partial charge >= 0.3 is 0 Å². The van der Waals surface area contributed by atoms with Gasteiger partial charge in [-0.2, -0.15) is 0 Å². The van der Waals surface area contributed by atoms with Crippen LogP contribution in [-0.2, 0) is 0 Å². The van der Waals surface area contributed by atoms with Gasteiger partial charge in [-0.1, -0.05) is 52.2 Å². The Bertz CT molecular complexity index is 162. The molecule has 0 aromatic heterocycles. The molecule has 104 valence electrons. The molecule has 17 heavy (non-hydrogen) atoms. The lowest BCUT2D eigenvalue weighted by Crippen LogP contribution is -2.30. The van der Waals surface area contributed by atoms with Crippen molar-refractivity contribution in [2.24, 2.45) is 5.92 Å². The number of unbranched alkanes of at least 4 members (excludes halogenated alkanes) is 1. The number of hydrogen-bond donors (Lipinski definition) is 0. The summed E-state index contributed by atoms with van der Waals surface area (Å²) in [6, 6.07) is 0. The van der Waals surface area contributed by atoms with Crippen LogP contribution in [0.4, 0.5) is 0 Å². The quantitative estimate of drug-likeness (QED) is 0.606. The number of allylic oxidation sites excluding steroid dienone is 2. The van der Waals surface area contributed by atoms with E-state index in [4.69, 9.17) is 0 Å². The minimum absolute atomic E-state index is 0.871. The van der Waals surface area contributed by atoms with E-state index in [9.17, 15) is 0 Å². The van der Waals surface area contributed by atoms with Gasteiger partial charge in [-0.3, -0.25) is 0 Å². The van der Waals surface area contributed by atoms with Crippen LogP contribution in [-0.4, -0.2) is 25.0 Å². The highest BCUT2D eigenvalue weighted by Crippen LogP contribution is 2.22. The van der Waals surface area contributed by atoms with Crippen molar-refractivity contribution < 1.29 is 0 Å². The number of likely N-dealkylation sites (tertiary alicyclic amines) is 1. The second-order valence-electron chi connectivity index (χ2n) is 4.61. The lowest BCUT2D eigenvalue weighted by Gasteiger charge is -2.29. The number of rotatable bonds is 2. The van der Waals surface area contributed by atoms with Crippen LogP contribution in [0.25, 0.3) is 0 Å². The minimum Gasteiger partial charge on any atom is -0.306 e. The molecule has 0 radical (unpaired) electrons. The van der Waals surface area contributed by atoms with Gasteiger partial charge in [-0.05, 0) is 52.7 Å². The summed E-state index contributed by atoms with van der Waals surface area (Å²) in [5.41, 5.74) is 1.58. The molecule has 1 rings (SSSR count). The molecule has 1 fully saturated rings. The van der Waals surface area contributed by atoms with Crippen molar-refractivity contribution in [2.45, 2.75) is 67.2 Å². The predicted molar refractivity (Wildman–Crippen MR) is 81.6 cm³/mol. The van der Waals surface area contributed by atoms with Crippen LogP contribution in [0.5, 0.6) is 0 Å². The molecule has 0 spiro atoms. The van der Waals surface area contributed by atoms with Crippen molar-refractivity contribution in [3.8, 4) is 0 Å². The molecule has 0 aromatic carbocycles. The minimum atomic E-state index is 0.871. The van der Waals surface area contributed by atoms with Gasteiger partial charge in [-0.15, -0.1) is 0 Å². The first-order valence-electron chi connectivity index (χ1n) is 7.47. The van der Waals surface area contributed by atoms with Crippen LogP contribution >= 0.6 is 0 Å². The van der Waals surface area contributed by atoms with E-state index in [0.717, 1.165) is 5.92 Å². The van der Waals surface area contributed by atoms with Crippen molar-refractivity contribution in [1.29, 1.82) is 0 Å². The molecular formula is C16H35N. The molecule has 0 N–H and O–H groups in total. The Morgan fingerprint density at radius 3 is 1.82 bits per heavy atom. The van der Waals surface area contributed by atoms with Crippen molar-refractivity contribution >= 4 is 0 Å². The summed E-state index contributed by atoms with van der Waals surface area (Å²) in [5, 5.41) is 0. The first-order chi connectivity index (χ1) is 8.15. The fourth-order valence-electron chi connectivity index (χ4n) is 1.70. The highest BCUT2D eigenvalue weighted by atomic mass is 15.1. The summed E-state index contributed by atoms with van der Waals surface area (Å²) in [5.74, 6) is 0.871. The second kappa shape index (κ2) is 13.8. The lowest BCUT2D eigenvalue weighted by molar-refractivity contribution is 0.238. The molecule has 1 saturated heterocycles. The summed E-state index contributed by atoms with van der Waals surface area (Å²) in [7, 11) is 2.21. The third-order valence-electron chi connectivity index (χ3n) is 3.32. The van der Waals surface area contributed by atoms with Crippen molar-refractivity contribution in [1.82, 2.24) is 4.90 Å². The van der Waals surface area contributed by atoms with Crippen LogP contribution in [0, 0.1) is 5.92 Å². The highest BCUT2D eigenvalue weighted by molar-refractivity contribution is 5.03. The smallest absolute Gasteiger partial charge is 0.00161 e. The van der Waals surface area contributed by atoms with E-state index in [1.165, 1.54) is 38.8 Å². The SMILES string of the molecule is C/C=C(/C)C1CCN(C)CC1.CC.CCCC. The van der Waals surface area contributed by atoms with Crippen LogP contribution in [0.1, 0.15) is 67.2 Å². The fourth-order valence-corrected chi connectivity index (χ4v) is 1.70. The van der Waals surface area contributed by atoms with E-state index >= 15 is 0 Å². The molecule has 1 nitrogen and oxygen atoms in total. The third-order valence-corrected chi connectivity index (χ3v) is 3.32. The molecular weight excluding hydrogens is 206 g/mol.